The molecule has 0 saturated heterocycles. The quantitative estimate of drug-likeness (QED) is 0.739. The fourth-order valence-corrected chi connectivity index (χ4v) is 1.95. The number of imidazole rings is 1. The van der Waals surface area contributed by atoms with Gasteiger partial charge in [-0.25, -0.2) is 9.97 Å². The maximum absolute atomic E-state index is 4.66. The summed E-state index contributed by atoms with van der Waals surface area (Å²) in [5.74, 6) is 0. The smallest absolute Gasteiger partial charge is 0.109 e. The van der Waals surface area contributed by atoms with Crippen LogP contribution in [0.25, 0.3) is 22.6 Å². The molecule has 0 saturated carbocycles. The van der Waals surface area contributed by atoms with Crippen molar-refractivity contribution in [3.8, 4) is 22.6 Å². The number of hydrogen-bond donors (Lipinski definition) is 1. The summed E-state index contributed by atoms with van der Waals surface area (Å²) in [7, 11) is 0. The first-order chi connectivity index (χ1) is 8.84. The lowest BCUT2D eigenvalue weighted by molar-refractivity contribution is 1.25. The van der Waals surface area contributed by atoms with Crippen molar-refractivity contribution in [2.24, 2.45) is 0 Å². The molecule has 0 radical (unpaired) electrons. The van der Waals surface area contributed by atoms with Gasteiger partial charge in [-0.1, -0.05) is 36.4 Å². The van der Waals surface area contributed by atoms with Gasteiger partial charge in [-0.05, 0) is 19.1 Å². The molecule has 0 spiro atoms. The summed E-state index contributed by atoms with van der Waals surface area (Å²) in [5.41, 5.74) is 4.93. The first kappa shape index (κ1) is 10.7. The topological polar surface area (TPSA) is 41.6 Å². The van der Waals surface area contributed by atoms with Gasteiger partial charge in [-0.15, -0.1) is 0 Å². The minimum atomic E-state index is 0.898. The van der Waals surface area contributed by atoms with E-state index in [1.165, 1.54) is 0 Å². The van der Waals surface area contributed by atoms with Gasteiger partial charge in [0.25, 0.3) is 0 Å². The van der Waals surface area contributed by atoms with Crippen molar-refractivity contribution >= 4 is 0 Å². The van der Waals surface area contributed by atoms with Crippen LogP contribution in [0.5, 0.6) is 0 Å². The molecule has 18 heavy (non-hydrogen) atoms. The maximum Gasteiger partial charge on any atom is 0.109 e. The molecule has 3 heteroatoms. The largest absolute Gasteiger partial charge is 0.348 e. The van der Waals surface area contributed by atoms with Crippen LogP contribution in [-0.2, 0) is 0 Å². The normalized spacial score (nSPS) is 10.5. The molecule has 0 bridgehead atoms. The van der Waals surface area contributed by atoms with E-state index in [2.05, 4.69) is 27.1 Å². The Bertz CT molecular complexity index is 656. The number of aryl methyl sites for hydroxylation is 1. The van der Waals surface area contributed by atoms with E-state index in [1.54, 1.807) is 6.33 Å². The van der Waals surface area contributed by atoms with Crippen molar-refractivity contribution in [3.63, 3.8) is 0 Å². The van der Waals surface area contributed by atoms with E-state index in [4.69, 9.17) is 0 Å². The van der Waals surface area contributed by atoms with Gasteiger partial charge in [0.05, 0.1) is 17.7 Å². The molecule has 0 fully saturated rings. The minimum absolute atomic E-state index is 0.898. The maximum atomic E-state index is 4.66. The molecular formula is C15H13N3. The van der Waals surface area contributed by atoms with E-state index >= 15 is 0 Å². The van der Waals surface area contributed by atoms with Crippen LogP contribution in [0.3, 0.4) is 0 Å². The van der Waals surface area contributed by atoms with Crippen molar-refractivity contribution in [3.05, 3.63) is 60.6 Å². The van der Waals surface area contributed by atoms with E-state index in [-0.39, 0.29) is 0 Å². The number of aromatic nitrogens is 3. The molecular weight excluding hydrogens is 222 g/mol. The van der Waals surface area contributed by atoms with Crippen LogP contribution in [0, 0.1) is 6.92 Å². The molecule has 88 valence electrons. The lowest BCUT2D eigenvalue weighted by Gasteiger charge is -2.03. The van der Waals surface area contributed by atoms with Gasteiger partial charge < -0.3 is 4.98 Å². The van der Waals surface area contributed by atoms with Crippen LogP contribution in [0.15, 0.2) is 54.9 Å². The van der Waals surface area contributed by atoms with Crippen molar-refractivity contribution in [1.29, 1.82) is 0 Å². The number of pyridine rings is 1. The Labute approximate surface area is 106 Å². The minimum Gasteiger partial charge on any atom is -0.348 e. The van der Waals surface area contributed by atoms with Crippen LogP contribution in [0.2, 0.25) is 0 Å². The van der Waals surface area contributed by atoms with Gasteiger partial charge in [-0.3, -0.25) is 0 Å². The van der Waals surface area contributed by atoms with E-state index in [9.17, 15) is 0 Å². The zero-order valence-corrected chi connectivity index (χ0v) is 10.1. The molecule has 2 aromatic heterocycles. The highest BCUT2D eigenvalue weighted by molar-refractivity contribution is 5.64. The van der Waals surface area contributed by atoms with Crippen molar-refractivity contribution in [2.75, 3.05) is 0 Å². The Hall–Kier alpha value is -2.42. The van der Waals surface area contributed by atoms with Crippen LogP contribution in [0.4, 0.5) is 0 Å². The summed E-state index contributed by atoms with van der Waals surface area (Å²) in [6, 6.07) is 16.2. The third-order valence-corrected chi connectivity index (χ3v) is 2.89. The monoisotopic (exact) mass is 235 g/mol. The summed E-state index contributed by atoms with van der Waals surface area (Å²) in [5, 5.41) is 0. The lowest BCUT2D eigenvalue weighted by atomic mass is 10.1. The molecule has 0 atom stereocenters. The second-order valence-electron chi connectivity index (χ2n) is 4.15. The highest BCUT2D eigenvalue weighted by atomic mass is 14.9. The number of rotatable bonds is 2. The molecule has 0 aliphatic heterocycles. The zero-order chi connectivity index (χ0) is 12.4. The van der Waals surface area contributed by atoms with Gasteiger partial charge in [0, 0.05) is 11.3 Å². The summed E-state index contributed by atoms with van der Waals surface area (Å²) < 4.78 is 0. The Morgan fingerprint density at radius 2 is 1.67 bits per heavy atom. The van der Waals surface area contributed by atoms with E-state index in [1.807, 2.05) is 43.3 Å². The summed E-state index contributed by atoms with van der Waals surface area (Å²) in [4.78, 5) is 12.0. The van der Waals surface area contributed by atoms with Gasteiger partial charge in [0.2, 0.25) is 0 Å². The highest BCUT2D eigenvalue weighted by Crippen LogP contribution is 2.22. The SMILES string of the molecule is Cc1[nH]cnc1-c1cccc(-c2ccccc2)n1. The predicted octanol–water partition coefficient (Wildman–Crippen LogP) is 3.45. The Balaban J connectivity index is 2.08. The molecule has 3 rings (SSSR count). The van der Waals surface area contributed by atoms with Crippen LogP contribution >= 0.6 is 0 Å². The average molecular weight is 235 g/mol. The molecule has 0 aliphatic carbocycles. The molecule has 0 amide bonds. The zero-order valence-electron chi connectivity index (χ0n) is 10.1. The average Bonchev–Trinajstić information content (AvgIpc) is 2.86. The van der Waals surface area contributed by atoms with Crippen molar-refractivity contribution < 1.29 is 0 Å². The molecule has 1 N–H and O–H groups in total. The lowest BCUT2D eigenvalue weighted by Crippen LogP contribution is -1.89. The van der Waals surface area contributed by atoms with E-state index in [0.717, 1.165) is 28.3 Å². The molecule has 0 aliphatic rings. The van der Waals surface area contributed by atoms with E-state index < -0.39 is 0 Å². The first-order valence-corrected chi connectivity index (χ1v) is 5.87. The Morgan fingerprint density at radius 3 is 2.39 bits per heavy atom. The molecule has 2 heterocycles. The highest BCUT2D eigenvalue weighted by Gasteiger charge is 2.07. The van der Waals surface area contributed by atoms with Crippen molar-refractivity contribution in [2.45, 2.75) is 6.92 Å². The fraction of sp³-hybridized carbons (Fsp3) is 0.0667. The Morgan fingerprint density at radius 1 is 0.889 bits per heavy atom. The summed E-state index contributed by atoms with van der Waals surface area (Å²) in [6.45, 7) is 2.00. The molecule has 1 aromatic carbocycles. The van der Waals surface area contributed by atoms with Crippen LogP contribution in [0.1, 0.15) is 5.69 Å². The van der Waals surface area contributed by atoms with Crippen molar-refractivity contribution in [1.82, 2.24) is 15.0 Å². The number of nitrogens with one attached hydrogen (secondary N) is 1. The third kappa shape index (κ3) is 1.91. The van der Waals surface area contributed by atoms with Gasteiger partial charge in [0.15, 0.2) is 0 Å². The number of H-pyrrole nitrogens is 1. The number of benzene rings is 1. The summed E-state index contributed by atoms with van der Waals surface area (Å²) in [6.07, 6.45) is 1.70. The standard InChI is InChI=1S/C15H13N3/c1-11-15(17-10-16-11)14-9-5-8-13(18-14)12-6-3-2-4-7-12/h2-10H,1H3,(H,16,17). The number of nitrogens with zero attached hydrogens (tertiary/aromatic N) is 2. The van der Waals surface area contributed by atoms with Gasteiger partial charge in [0.1, 0.15) is 5.69 Å². The second kappa shape index (κ2) is 4.45. The van der Waals surface area contributed by atoms with Gasteiger partial charge in [-0.2, -0.15) is 0 Å². The Kier molecular flexibility index (Phi) is 2.65. The van der Waals surface area contributed by atoms with Crippen LogP contribution in [-0.4, -0.2) is 15.0 Å². The van der Waals surface area contributed by atoms with Crippen LogP contribution < -0.4 is 0 Å². The summed E-state index contributed by atoms with van der Waals surface area (Å²) >= 11 is 0. The number of aromatic amines is 1. The van der Waals surface area contributed by atoms with E-state index in [0.29, 0.717) is 0 Å². The molecule has 0 unspecified atom stereocenters. The number of hydrogen-bond acceptors (Lipinski definition) is 2. The first-order valence-electron chi connectivity index (χ1n) is 5.87. The third-order valence-electron chi connectivity index (χ3n) is 2.89. The fourth-order valence-electron chi connectivity index (χ4n) is 1.95. The predicted molar refractivity (Wildman–Crippen MR) is 72.0 cm³/mol. The molecule has 3 aromatic rings. The second-order valence-corrected chi connectivity index (χ2v) is 4.15. The molecule has 3 nitrogen and oxygen atoms in total. The van der Waals surface area contributed by atoms with Gasteiger partial charge >= 0.3 is 0 Å².